The molecule has 0 aliphatic carbocycles. The van der Waals surface area contributed by atoms with Crippen LogP contribution >= 0.6 is 11.3 Å². The number of amides is 4. The van der Waals surface area contributed by atoms with Gasteiger partial charge in [0.1, 0.15) is 0 Å². The molecule has 8 heteroatoms. The molecule has 2 spiro atoms. The number of carbonyl (C=O) groups excluding carboxylic acids is 3. The van der Waals surface area contributed by atoms with Crippen molar-refractivity contribution in [3.05, 3.63) is 22.4 Å². The Bertz CT molecular complexity index is 801. The molecule has 4 amide bonds. The number of hydrogen-bond donors (Lipinski definition) is 0. The molecule has 4 heterocycles. The fourth-order valence-electron chi connectivity index (χ4n) is 5.59. The van der Waals surface area contributed by atoms with Crippen LogP contribution in [0.15, 0.2) is 17.5 Å². The van der Waals surface area contributed by atoms with Gasteiger partial charge in [-0.05, 0) is 37.6 Å². The van der Waals surface area contributed by atoms with Gasteiger partial charge >= 0.3 is 6.03 Å². The summed E-state index contributed by atoms with van der Waals surface area (Å²) in [6, 6.07) is 3.74. The molecular weight excluding hydrogens is 388 g/mol. The van der Waals surface area contributed by atoms with Gasteiger partial charge in [0.2, 0.25) is 5.91 Å². The first-order valence-corrected chi connectivity index (χ1v) is 11.3. The predicted molar refractivity (Wildman–Crippen MR) is 112 cm³/mol. The van der Waals surface area contributed by atoms with E-state index >= 15 is 0 Å². The summed E-state index contributed by atoms with van der Waals surface area (Å²) in [7, 11) is 3.52. The second kappa shape index (κ2) is 7.31. The molecule has 1 atom stereocenters. The van der Waals surface area contributed by atoms with Crippen LogP contribution in [0, 0.1) is 10.8 Å². The molecule has 0 bridgehead atoms. The van der Waals surface area contributed by atoms with E-state index in [0.717, 1.165) is 30.7 Å². The Morgan fingerprint density at radius 1 is 1.10 bits per heavy atom. The lowest BCUT2D eigenvalue weighted by Gasteiger charge is -2.46. The van der Waals surface area contributed by atoms with Crippen molar-refractivity contribution in [3.8, 4) is 0 Å². The number of likely N-dealkylation sites (tertiary alicyclic amines) is 3. The van der Waals surface area contributed by atoms with E-state index in [-0.39, 0.29) is 23.3 Å². The van der Waals surface area contributed by atoms with Crippen molar-refractivity contribution < 1.29 is 14.4 Å². The zero-order valence-electron chi connectivity index (χ0n) is 17.5. The Balaban J connectivity index is 1.59. The average molecular weight is 419 g/mol. The van der Waals surface area contributed by atoms with Gasteiger partial charge in [0.05, 0.1) is 10.3 Å². The molecule has 0 radical (unpaired) electrons. The Labute approximate surface area is 176 Å². The number of carbonyl (C=O) groups is 3. The van der Waals surface area contributed by atoms with Gasteiger partial charge in [-0.25, -0.2) is 4.79 Å². The lowest BCUT2D eigenvalue weighted by Crippen LogP contribution is -2.53. The van der Waals surface area contributed by atoms with Gasteiger partial charge in [-0.2, -0.15) is 0 Å². The van der Waals surface area contributed by atoms with Gasteiger partial charge in [-0.15, -0.1) is 11.3 Å². The Morgan fingerprint density at radius 2 is 1.83 bits per heavy atom. The minimum absolute atomic E-state index is 0.0268. The number of piperidine rings is 1. The number of hydrogen-bond acceptors (Lipinski definition) is 4. The van der Waals surface area contributed by atoms with E-state index in [1.54, 1.807) is 19.0 Å². The first-order valence-electron chi connectivity index (χ1n) is 10.4. The van der Waals surface area contributed by atoms with Gasteiger partial charge in [-0.3, -0.25) is 9.59 Å². The van der Waals surface area contributed by atoms with E-state index in [1.807, 2.05) is 39.1 Å². The largest absolute Gasteiger partial charge is 0.342 e. The molecule has 1 aromatic heterocycles. The van der Waals surface area contributed by atoms with Gasteiger partial charge in [-0.1, -0.05) is 6.07 Å². The lowest BCUT2D eigenvalue weighted by atomic mass is 9.60. The topological polar surface area (TPSA) is 64.2 Å². The average Bonchev–Trinajstić information content (AvgIpc) is 3.42. The van der Waals surface area contributed by atoms with Crippen LogP contribution in [0.1, 0.15) is 35.9 Å². The minimum atomic E-state index is -0.507. The molecule has 3 saturated heterocycles. The van der Waals surface area contributed by atoms with Crippen LogP contribution in [0.5, 0.6) is 0 Å². The molecule has 3 fully saturated rings. The van der Waals surface area contributed by atoms with E-state index < -0.39 is 5.41 Å². The van der Waals surface area contributed by atoms with Crippen molar-refractivity contribution in [2.75, 3.05) is 53.4 Å². The molecule has 0 aromatic carbocycles. The SMILES string of the molecule is CCN1CC[C@@]2(CN(C(=O)N(C)C)CC23CCN(C(=O)c2cccs2)CC3)C1=O. The zero-order valence-corrected chi connectivity index (χ0v) is 18.3. The summed E-state index contributed by atoms with van der Waals surface area (Å²) in [5.41, 5.74) is -0.751. The van der Waals surface area contributed by atoms with Crippen LogP contribution < -0.4 is 0 Å². The fourth-order valence-corrected chi connectivity index (χ4v) is 6.28. The van der Waals surface area contributed by atoms with Crippen molar-refractivity contribution in [1.29, 1.82) is 0 Å². The maximum absolute atomic E-state index is 13.5. The van der Waals surface area contributed by atoms with E-state index in [9.17, 15) is 14.4 Å². The highest BCUT2D eigenvalue weighted by atomic mass is 32.1. The summed E-state index contributed by atoms with van der Waals surface area (Å²) >= 11 is 1.47. The minimum Gasteiger partial charge on any atom is -0.342 e. The van der Waals surface area contributed by atoms with Crippen LogP contribution in [0.4, 0.5) is 4.79 Å². The maximum Gasteiger partial charge on any atom is 0.319 e. The lowest BCUT2D eigenvalue weighted by molar-refractivity contribution is -0.141. The molecule has 3 aliphatic heterocycles. The smallest absolute Gasteiger partial charge is 0.319 e. The number of nitrogens with zero attached hydrogens (tertiary/aromatic N) is 4. The molecule has 0 saturated carbocycles. The van der Waals surface area contributed by atoms with Crippen LogP contribution in [-0.4, -0.2) is 90.8 Å². The highest BCUT2D eigenvalue weighted by Gasteiger charge is 2.66. The maximum atomic E-state index is 13.5. The summed E-state index contributed by atoms with van der Waals surface area (Å²) in [6.45, 7) is 5.88. The summed E-state index contributed by atoms with van der Waals surface area (Å²) in [4.78, 5) is 47.1. The summed E-state index contributed by atoms with van der Waals surface area (Å²) < 4.78 is 0. The van der Waals surface area contributed by atoms with E-state index in [2.05, 4.69) is 0 Å². The number of fused-ring (bicyclic) bond motifs is 1. The third-order valence-electron chi connectivity index (χ3n) is 7.25. The van der Waals surface area contributed by atoms with E-state index in [4.69, 9.17) is 0 Å². The third kappa shape index (κ3) is 3.03. The monoisotopic (exact) mass is 418 g/mol. The van der Waals surface area contributed by atoms with Crippen molar-refractivity contribution in [3.63, 3.8) is 0 Å². The second-order valence-electron chi connectivity index (χ2n) is 8.80. The zero-order chi connectivity index (χ0) is 20.8. The second-order valence-corrected chi connectivity index (χ2v) is 9.75. The van der Waals surface area contributed by atoms with Gasteiger partial charge in [0.25, 0.3) is 5.91 Å². The molecular formula is C21H30N4O3S. The van der Waals surface area contributed by atoms with Crippen LogP contribution in [0.2, 0.25) is 0 Å². The van der Waals surface area contributed by atoms with Gasteiger partial charge in [0, 0.05) is 58.8 Å². The molecule has 0 N–H and O–H groups in total. The Hall–Kier alpha value is -2.09. The Kier molecular flexibility index (Phi) is 5.09. The van der Waals surface area contributed by atoms with Crippen molar-refractivity contribution in [2.45, 2.75) is 26.2 Å². The molecule has 1 aromatic rings. The highest BCUT2D eigenvalue weighted by molar-refractivity contribution is 7.12. The van der Waals surface area contributed by atoms with Crippen molar-refractivity contribution in [1.82, 2.24) is 19.6 Å². The molecule has 3 aliphatic rings. The molecule has 158 valence electrons. The van der Waals surface area contributed by atoms with Crippen LogP contribution in [-0.2, 0) is 4.79 Å². The Morgan fingerprint density at radius 3 is 2.38 bits per heavy atom. The quantitative estimate of drug-likeness (QED) is 0.740. The van der Waals surface area contributed by atoms with Crippen molar-refractivity contribution in [2.24, 2.45) is 10.8 Å². The van der Waals surface area contributed by atoms with Crippen LogP contribution in [0.25, 0.3) is 0 Å². The third-order valence-corrected chi connectivity index (χ3v) is 8.11. The number of thiophene rings is 1. The fraction of sp³-hybridized carbons (Fsp3) is 0.667. The number of urea groups is 1. The highest BCUT2D eigenvalue weighted by Crippen LogP contribution is 2.58. The predicted octanol–water partition coefficient (Wildman–Crippen LogP) is 2.21. The van der Waals surface area contributed by atoms with Crippen molar-refractivity contribution >= 4 is 29.2 Å². The van der Waals surface area contributed by atoms with E-state index in [0.29, 0.717) is 32.7 Å². The molecule has 0 unspecified atom stereocenters. The summed E-state index contributed by atoms with van der Waals surface area (Å²) in [5, 5.41) is 1.92. The number of rotatable bonds is 2. The van der Waals surface area contributed by atoms with Gasteiger partial charge in [0.15, 0.2) is 0 Å². The van der Waals surface area contributed by atoms with E-state index in [1.165, 1.54) is 11.3 Å². The molecule has 7 nitrogen and oxygen atoms in total. The molecule has 29 heavy (non-hydrogen) atoms. The standard InChI is InChI=1S/C21H30N4O3S/c1-4-23-12-9-21(18(23)27)15-25(19(28)22(2)3)14-20(21)7-10-24(11-8-20)17(26)16-6-5-13-29-16/h5-6,13H,4,7-12,14-15H2,1-3H3/t21-/m1/s1. The van der Waals surface area contributed by atoms with Crippen LogP contribution in [0.3, 0.4) is 0 Å². The molecule has 4 rings (SSSR count). The first kappa shape index (κ1) is 20.2. The normalized spacial score (nSPS) is 26.0. The summed E-state index contributed by atoms with van der Waals surface area (Å²) in [5.74, 6) is 0.281. The van der Waals surface area contributed by atoms with Gasteiger partial charge < -0.3 is 19.6 Å². The summed E-state index contributed by atoms with van der Waals surface area (Å²) in [6.07, 6.45) is 2.34. The first-order chi connectivity index (χ1) is 13.8.